The molecule has 0 atom stereocenters. The summed E-state index contributed by atoms with van der Waals surface area (Å²) in [5.74, 6) is -0.0680. The monoisotopic (exact) mass is 298 g/mol. The van der Waals surface area contributed by atoms with Crippen LogP contribution < -0.4 is 5.32 Å². The Kier molecular flexibility index (Phi) is 4.76. The standard InChI is InChI=1S/C12H12Cl2N4O/c13-10-2-1-9(11(14)7-10)8-15-12(19)3-5-18-6-4-16-17-18/h1-2,4,6-7H,3,5,8H2,(H,15,19). The molecule has 2 rings (SSSR count). The van der Waals surface area contributed by atoms with E-state index in [-0.39, 0.29) is 5.91 Å². The molecule has 5 nitrogen and oxygen atoms in total. The number of benzene rings is 1. The first kappa shape index (κ1) is 13.8. The number of carbonyl (C=O) groups excluding carboxylic acids is 1. The minimum atomic E-state index is -0.0680. The molecule has 0 aliphatic heterocycles. The van der Waals surface area contributed by atoms with Gasteiger partial charge in [0.2, 0.25) is 5.91 Å². The highest BCUT2D eigenvalue weighted by Crippen LogP contribution is 2.20. The Hall–Kier alpha value is -1.59. The van der Waals surface area contributed by atoms with Gasteiger partial charge in [0.05, 0.1) is 12.7 Å². The number of nitrogens with one attached hydrogen (secondary N) is 1. The van der Waals surface area contributed by atoms with E-state index in [1.807, 2.05) is 0 Å². The van der Waals surface area contributed by atoms with Gasteiger partial charge in [0.25, 0.3) is 0 Å². The molecule has 0 unspecified atom stereocenters. The Morgan fingerprint density at radius 2 is 2.21 bits per heavy atom. The predicted octanol–water partition coefficient (Wildman–Crippen LogP) is 2.29. The van der Waals surface area contributed by atoms with Crippen LogP contribution in [0.1, 0.15) is 12.0 Å². The highest BCUT2D eigenvalue weighted by atomic mass is 35.5. The van der Waals surface area contributed by atoms with Crippen molar-refractivity contribution >= 4 is 29.1 Å². The summed E-state index contributed by atoms with van der Waals surface area (Å²) < 4.78 is 1.61. The van der Waals surface area contributed by atoms with E-state index in [1.165, 1.54) is 0 Å². The molecule has 1 aromatic carbocycles. The van der Waals surface area contributed by atoms with E-state index in [0.717, 1.165) is 5.56 Å². The summed E-state index contributed by atoms with van der Waals surface area (Å²) in [5.41, 5.74) is 0.833. The molecule has 0 aliphatic rings. The van der Waals surface area contributed by atoms with Crippen LogP contribution in [0.4, 0.5) is 0 Å². The van der Waals surface area contributed by atoms with E-state index in [0.29, 0.717) is 29.6 Å². The van der Waals surface area contributed by atoms with Gasteiger partial charge in [0.1, 0.15) is 0 Å². The van der Waals surface area contributed by atoms with Crippen molar-refractivity contribution in [3.63, 3.8) is 0 Å². The summed E-state index contributed by atoms with van der Waals surface area (Å²) >= 11 is 11.8. The molecule has 0 spiro atoms. The summed E-state index contributed by atoms with van der Waals surface area (Å²) in [7, 11) is 0. The number of aryl methyl sites for hydroxylation is 1. The molecule has 1 aromatic heterocycles. The minimum absolute atomic E-state index is 0.0680. The molecule has 19 heavy (non-hydrogen) atoms. The maximum absolute atomic E-state index is 11.6. The molecule has 0 bridgehead atoms. The van der Waals surface area contributed by atoms with Crippen LogP contribution in [0.15, 0.2) is 30.6 Å². The van der Waals surface area contributed by atoms with Crippen LogP contribution in [0.3, 0.4) is 0 Å². The smallest absolute Gasteiger partial charge is 0.222 e. The summed E-state index contributed by atoms with van der Waals surface area (Å²) in [6.45, 7) is 0.881. The topological polar surface area (TPSA) is 59.8 Å². The van der Waals surface area contributed by atoms with Crippen molar-refractivity contribution < 1.29 is 4.79 Å². The van der Waals surface area contributed by atoms with E-state index in [2.05, 4.69) is 15.6 Å². The summed E-state index contributed by atoms with van der Waals surface area (Å²) in [6.07, 6.45) is 3.63. The zero-order chi connectivity index (χ0) is 13.7. The van der Waals surface area contributed by atoms with Crippen LogP contribution >= 0.6 is 23.2 Å². The Morgan fingerprint density at radius 3 is 2.89 bits per heavy atom. The van der Waals surface area contributed by atoms with Gasteiger partial charge >= 0.3 is 0 Å². The molecule has 7 heteroatoms. The molecule has 0 aliphatic carbocycles. The van der Waals surface area contributed by atoms with E-state index >= 15 is 0 Å². The van der Waals surface area contributed by atoms with Gasteiger partial charge in [-0.05, 0) is 17.7 Å². The first-order valence-corrected chi connectivity index (χ1v) is 6.45. The molecule has 0 saturated carbocycles. The highest BCUT2D eigenvalue weighted by molar-refractivity contribution is 6.35. The lowest BCUT2D eigenvalue weighted by Gasteiger charge is -2.07. The summed E-state index contributed by atoms with van der Waals surface area (Å²) in [5, 5.41) is 11.4. The fourth-order valence-corrected chi connectivity index (χ4v) is 1.99. The number of carbonyl (C=O) groups is 1. The Morgan fingerprint density at radius 1 is 1.37 bits per heavy atom. The zero-order valence-electron chi connectivity index (χ0n) is 10.0. The van der Waals surface area contributed by atoms with Gasteiger partial charge in [-0.2, -0.15) is 0 Å². The average molecular weight is 299 g/mol. The quantitative estimate of drug-likeness (QED) is 0.921. The highest BCUT2D eigenvalue weighted by Gasteiger charge is 2.05. The molecule has 2 aromatic rings. The van der Waals surface area contributed by atoms with Gasteiger partial charge in [0, 0.05) is 29.2 Å². The van der Waals surface area contributed by atoms with Crippen LogP contribution in [0, 0.1) is 0 Å². The van der Waals surface area contributed by atoms with Gasteiger partial charge in [0.15, 0.2) is 0 Å². The van der Waals surface area contributed by atoms with Crippen molar-refractivity contribution in [2.75, 3.05) is 0 Å². The lowest BCUT2D eigenvalue weighted by atomic mass is 10.2. The van der Waals surface area contributed by atoms with Crippen molar-refractivity contribution in [1.29, 1.82) is 0 Å². The molecule has 1 heterocycles. The number of halogens is 2. The van der Waals surface area contributed by atoms with Gasteiger partial charge in [-0.1, -0.05) is 34.5 Å². The molecular weight excluding hydrogens is 287 g/mol. The third-order valence-corrected chi connectivity index (χ3v) is 3.12. The molecular formula is C12H12Cl2N4O. The summed E-state index contributed by atoms with van der Waals surface area (Å²) in [6, 6.07) is 5.19. The van der Waals surface area contributed by atoms with Crippen molar-refractivity contribution in [1.82, 2.24) is 20.3 Å². The van der Waals surface area contributed by atoms with Crippen molar-refractivity contribution in [3.8, 4) is 0 Å². The Labute approximate surface area is 120 Å². The second kappa shape index (κ2) is 6.54. The van der Waals surface area contributed by atoms with Crippen LogP contribution in [0.25, 0.3) is 0 Å². The van der Waals surface area contributed by atoms with Crippen molar-refractivity contribution in [2.24, 2.45) is 0 Å². The lowest BCUT2D eigenvalue weighted by Crippen LogP contribution is -2.24. The second-order valence-corrected chi connectivity index (χ2v) is 4.77. The predicted molar refractivity (Wildman–Crippen MR) is 72.9 cm³/mol. The normalized spacial score (nSPS) is 10.4. The number of rotatable bonds is 5. The zero-order valence-corrected chi connectivity index (χ0v) is 11.5. The minimum Gasteiger partial charge on any atom is -0.352 e. The SMILES string of the molecule is O=C(CCn1ccnn1)NCc1ccc(Cl)cc1Cl. The number of nitrogens with zero attached hydrogens (tertiary/aromatic N) is 3. The van der Waals surface area contributed by atoms with E-state index in [4.69, 9.17) is 23.2 Å². The number of aromatic nitrogens is 3. The molecule has 0 radical (unpaired) electrons. The molecule has 0 fully saturated rings. The Balaban J connectivity index is 1.80. The van der Waals surface area contributed by atoms with Crippen LogP contribution in [0.5, 0.6) is 0 Å². The van der Waals surface area contributed by atoms with Crippen LogP contribution in [0.2, 0.25) is 10.0 Å². The third-order valence-electron chi connectivity index (χ3n) is 2.53. The van der Waals surface area contributed by atoms with Crippen LogP contribution in [-0.4, -0.2) is 20.9 Å². The average Bonchev–Trinajstić information content (AvgIpc) is 2.88. The third kappa shape index (κ3) is 4.22. The van der Waals surface area contributed by atoms with E-state index in [9.17, 15) is 4.79 Å². The van der Waals surface area contributed by atoms with Crippen LogP contribution in [-0.2, 0) is 17.9 Å². The molecule has 1 amide bonds. The van der Waals surface area contributed by atoms with Gasteiger partial charge in [-0.25, -0.2) is 0 Å². The fraction of sp³-hybridized carbons (Fsp3) is 0.250. The van der Waals surface area contributed by atoms with Crippen molar-refractivity contribution in [2.45, 2.75) is 19.5 Å². The maximum Gasteiger partial charge on any atom is 0.222 e. The molecule has 0 saturated heterocycles. The molecule has 100 valence electrons. The fourth-order valence-electron chi connectivity index (χ4n) is 1.52. The summed E-state index contributed by atoms with van der Waals surface area (Å²) in [4.78, 5) is 11.6. The first-order chi connectivity index (χ1) is 9.15. The number of hydrogen-bond donors (Lipinski definition) is 1. The Bertz CT molecular complexity index is 557. The number of amides is 1. The lowest BCUT2D eigenvalue weighted by molar-refractivity contribution is -0.121. The second-order valence-electron chi connectivity index (χ2n) is 3.93. The largest absolute Gasteiger partial charge is 0.352 e. The van der Waals surface area contributed by atoms with Crippen molar-refractivity contribution in [3.05, 3.63) is 46.2 Å². The van der Waals surface area contributed by atoms with E-state index < -0.39 is 0 Å². The first-order valence-electron chi connectivity index (χ1n) is 5.70. The van der Waals surface area contributed by atoms with E-state index in [1.54, 1.807) is 35.3 Å². The molecule has 1 N–H and O–H groups in total. The maximum atomic E-state index is 11.6. The number of hydrogen-bond acceptors (Lipinski definition) is 3. The van der Waals surface area contributed by atoms with Gasteiger partial charge in [-0.3, -0.25) is 9.48 Å². The van der Waals surface area contributed by atoms with Gasteiger partial charge in [-0.15, -0.1) is 5.10 Å². The van der Waals surface area contributed by atoms with Gasteiger partial charge < -0.3 is 5.32 Å².